The van der Waals surface area contributed by atoms with E-state index in [-0.39, 0.29) is 13.0 Å². The van der Waals surface area contributed by atoms with Gasteiger partial charge in [-0.1, -0.05) is 6.92 Å². The first kappa shape index (κ1) is 18.7. The fraction of sp³-hybridized carbons (Fsp3) is 0.867. The number of likely N-dealkylation sites (tertiary alicyclic amines) is 1. The second kappa shape index (κ2) is 7.78. The average molecular weight is 316 g/mol. The highest BCUT2D eigenvalue weighted by Gasteiger charge is 2.29. The van der Waals surface area contributed by atoms with E-state index in [2.05, 4.69) is 12.2 Å². The van der Waals surface area contributed by atoms with Gasteiger partial charge in [-0.25, -0.2) is 4.79 Å². The molecule has 0 aliphatic carbocycles. The molecule has 1 unspecified atom stereocenters. The topological polar surface area (TPSA) is 99.1 Å². The Morgan fingerprint density at radius 1 is 1.36 bits per heavy atom. The smallest absolute Gasteiger partial charge is 0.407 e. The minimum absolute atomic E-state index is 0.211. The second-order valence-corrected chi connectivity index (χ2v) is 7.06. The van der Waals surface area contributed by atoms with Crippen LogP contribution < -0.4 is 5.32 Å². The first-order valence-electron chi connectivity index (χ1n) is 7.70. The molecule has 3 N–H and O–H groups in total. The second-order valence-electron chi connectivity index (χ2n) is 7.06. The lowest BCUT2D eigenvalue weighted by Gasteiger charge is -2.37. The molecule has 7 nitrogen and oxygen atoms in total. The lowest BCUT2D eigenvalue weighted by Crippen LogP contribution is -2.51. The Kier molecular flexibility index (Phi) is 6.62. The number of rotatable bonds is 5. The van der Waals surface area contributed by atoms with Gasteiger partial charge in [-0.2, -0.15) is 0 Å². The van der Waals surface area contributed by atoms with Crippen LogP contribution in [-0.4, -0.2) is 58.1 Å². The van der Waals surface area contributed by atoms with Crippen molar-refractivity contribution in [1.82, 2.24) is 10.2 Å². The lowest BCUT2D eigenvalue weighted by atomic mass is 9.98. The van der Waals surface area contributed by atoms with Crippen LogP contribution >= 0.6 is 0 Å². The normalized spacial score (nSPS) is 24.6. The summed E-state index contributed by atoms with van der Waals surface area (Å²) in [6.07, 6.45) is 0.164. The monoisotopic (exact) mass is 316 g/mol. The number of carbonyl (C=O) groups excluding carboxylic acids is 1. The highest BCUT2D eigenvalue weighted by Crippen LogP contribution is 2.20. The molecule has 0 saturated carbocycles. The van der Waals surface area contributed by atoms with E-state index < -0.39 is 29.9 Å². The number of hydrogen-bond donors (Lipinski definition) is 3. The van der Waals surface area contributed by atoms with Crippen molar-refractivity contribution in [2.24, 2.45) is 5.92 Å². The summed E-state index contributed by atoms with van der Waals surface area (Å²) in [6.45, 7) is 8.30. The molecule has 22 heavy (non-hydrogen) atoms. The highest BCUT2D eigenvalue weighted by atomic mass is 16.6. The molecule has 0 aromatic heterocycles. The molecule has 7 heteroatoms. The van der Waals surface area contributed by atoms with Gasteiger partial charge < -0.3 is 20.3 Å². The maximum absolute atomic E-state index is 11.8. The zero-order chi connectivity index (χ0) is 16.9. The predicted octanol–water partition coefficient (Wildman–Crippen LogP) is 1.40. The minimum Gasteiger partial charge on any atom is -0.481 e. The molecule has 128 valence electrons. The fourth-order valence-electron chi connectivity index (χ4n) is 2.55. The molecule has 1 fully saturated rings. The Balaban J connectivity index is 2.63. The number of hydrogen-bond acceptors (Lipinski definition) is 5. The Hall–Kier alpha value is -1.34. The summed E-state index contributed by atoms with van der Waals surface area (Å²) in [4.78, 5) is 24.6. The first-order chi connectivity index (χ1) is 10.1. The number of carboxylic acids is 1. The number of nitrogens with one attached hydrogen (secondary N) is 1. The van der Waals surface area contributed by atoms with Crippen LogP contribution in [0.2, 0.25) is 0 Å². The lowest BCUT2D eigenvalue weighted by molar-refractivity contribution is -0.138. The van der Waals surface area contributed by atoms with Crippen molar-refractivity contribution in [3.63, 3.8) is 0 Å². The minimum atomic E-state index is -0.999. The number of alkyl carbamates (subject to hydrolysis) is 1. The van der Waals surface area contributed by atoms with Gasteiger partial charge in [0.05, 0.1) is 12.5 Å². The van der Waals surface area contributed by atoms with Crippen LogP contribution in [0, 0.1) is 5.92 Å². The molecule has 0 bridgehead atoms. The molecular weight excluding hydrogens is 288 g/mol. The molecule has 3 atom stereocenters. The summed E-state index contributed by atoms with van der Waals surface area (Å²) in [6, 6.07) is -0.604. The van der Waals surface area contributed by atoms with Crippen molar-refractivity contribution in [2.45, 2.75) is 64.8 Å². The maximum atomic E-state index is 11.8. The van der Waals surface area contributed by atoms with Crippen LogP contribution in [0.15, 0.2) is 0 Å². The number of nitrogens with zero attached hydrogens (tertiary/aromatic N) is 1. The van der Waals surface area contributed by atoms with Crippen LogP contribution in [0.5, 0.6) is 0 Å². The molecule has 0 aromatic carbocycles. The molecule has 0 aromatic rings. The molecule has 1 aliphatic rings. The molecular formula is C15H28N2O5. The first-order valence-corrected chi connectivity index (χ1v) is 7.70. The summed E-state index contributed by atoms with van der Waals surface area (Å²) in [5, 5.41) is 21.6. The van der Waals surface area contributed by atoms with Gasteiger partial charge in [-0.15, -0.1) is 0 Å². The van der Waals surface area contributed by atoms with Crippen molar-refractivity contribution in [1.29, 1.82) is 0 Å². The van der Waals surface area contributed by atoms with Crippen molar-refractivity contribution in [3.05, 3.63) is 0 Å². The van der Waals surface area contributed by atoms with E-state index in [4.69, 9.17) is 9.84 Å². The van der Waals surface area contributed by atoms with Crippen molar-refractivity contribution in [2.75, 3.05) is 13.1 Å². The Bertz CT molecular complexity index is 394. The Morgan fingerprint density at radius 2 is 2.00 bits per heavy atom. The standard InChI is InChI=1S/C15H28N2O5/c1-10-5-6-12(18)17(8-10)9-11(7-13(19)20)16-14(21)22-15(2,3)4/h10-12,18H,5-9H2,1-4H3,(H,16,21)(H,19,20)/t10-,11-,12?/m0/s1. The van der Waals surface area contributed by atoms with Crippen molar-refractivity contribution >= 4 is 12.1 Å². The van der Waals surface area contributed by atoms with Gasteiger partial charge in [0, 0.05) is 13.1 Å². The van der Waals surface area contributed by atoms with Gasteiger partial charge in [0.2, 0.25) is 0 Å². The third-order valence-electron chi connectivity index (χ3n) is 3.48. The fourth-order valence-corrected chi connectivity index (χ4v) is 2.55. The number of aliphatic carboxylic acids is 1. The summed E-state index contributed by atoms with van der Waals surface area (Å²) >= 11 is 0. The van der Waals surface area contributed by atoms with Crippen molar-refractivity contribution < 1.29 is 24.5 Å². The molecule has 1 aliphatic heterocycles. The van der Waals surface area contributed by atoms with Gasteiger partial charge in [-0.05, 0) is 39.5 Å². The zero-order valence-corrected chi connectivity index (χ0v) is 13.8. The SMILES string of the molecule is C[C@H]1CCC(O)N(C[C@H](CC(=O)O)NC(=O)OC(C)(C)C)C1. The molecule has 1 rings (SSSR count). The van der Waals surface area contributed by atoms with Crippen LogP contribution in [0.1, 0.15) is 47.0 Å². The molecule has 1 amide bonds. The summed E-state index contributed by atoms with van der Waals surface area (Å²) in [7, 11) is 0. The van der Waals surface area contributed by atoms with Gasteiger partial charge in [0.15, 0.2) is 0 Å². The van der Waals surface area contributed by atoms with Gasteiger partial charge in [0.1, 0.15) is 11.8 Å². The van der Waals surface area contributed by atoms with E-state index in [9.17, 15) is 14.7 Å². The number of amides is 1. The number of ether oxygens (including phenoxy) is 1. The number of piperidine rings is 1. The van der Waals surface area contributed by atoms with Gasteiger partial charge in [-0.3, -0.25) is 9.69 Å². The van der Waals surface area contributed by atoms with E-state index >= 15 is 0 Å². The quantitative estimate of drug-likeness (QED) is 0.709. The third-order valence-corrected chi connectivity index (χ3v) is 3.48. The van der Waals surface area contributed by atoms with E-state index in [1.165, 1.54) is 0 Å². The molecule has 1 saturated heterocycles. The zero-order valence-electron chi connectivity index (χ0n) is 13.8. The largest absolute Gasteiger partial charge is 0.481 e. The molecule has 0 radical (unpaired) electrons. The van der Waals surface area contributed by atoms with Gasteiger partial charge >= 0.3 is 12.1 Å². The van der Waals surface area contributed by atoms with Gasteiger partial charge in [0.25, 0.3) is 0 Å². The van der Waals surface area contributed by atoms with Crippen LogP contribution in [0.25, 0.3) is 0 Å². The number of carbonyl (C=O) groups is 2. The number of aliphatic hydroxyl groups excluding tert-OH is 1. The van der Waals surface area contributed by atoms with Crippen LogP contribution in [-0.2, 0) is 9.53 Å². The van der Waals surface area contributed by atoms with Crippen molar-refractivity contribution in [3.8, 4) is 0 Å². The van der Waals surface area contributed by atoms with Crippen LogP contribution in [0.3, 0.4) is 0 Å². The summed E-state index contributed by atoms with van der Waals surface area (Å²) < 4.78 is 5.16. The number of carboxylic acid groups (broad SMARTS) is 1. The summed E-state index contributed by atoms with van der Waals surface area (Å²) in [5.74, 6) is -0.559. The highest BCUT2D eigenvalue weighted by molar-refractivity contribution is 5.71. The Labute approximate surface area is 131 Å². The number of aliphatic hydroxyl groups is 1. The van der Waals surface area contributed by atoms with E-state index in [0.717, 1.165) is 6.42 Å². The van der Waals surface area contributed by atoms with E-state index in [0.29, 0.717) is 18.9 Å². The molecule has 1 heterocycles. The molecule has 0 spiro atoms. The average Bonchev–Trinajstić information content (AvgIpc) is 2.30. The maximum Gasteiger partial charge on any atom is 0.407 e. The van der Waals surface area contributed by atoms with Crippen LogP contribution in [0.4, 0.5) is 4.79 Å². The third kappa shape index (κ3) is 7.09. The van der Waals surface area contributed by atoms with E-state index in [1.54, 1.807) is 20.8 Å². The Morgan fingerprint density at radius 3 is 2.55 bits per heavy atom. The summed E-state index contributed by atoms with van der Waals surface area (Å²) in [5.41, 5.74) is -0.642. The van der Waals surface area contributed by atoms with E-state index in [1.807, 2.05) is 4.90 Å². The predicted molar refractivity (Wildman–Crippen MR) is 81.4 cm³/mol.